The van der Waals surface area contributed by atoms with Crippen molar-refractivity contribution in [3.63, 3.8) is 0 Å². The fourth-order valence-corrected chi connectivity index (χ4v) is 4.09. The molecule has 0 saturated carbocycles. The van der Waals surface area contributed by atoms with Gasteiger partial charge in [0.2, 0.25) is 5.91 Å². The molecule has 1 aromatic carbocycles. The number of fused-ring (bicyclic) bond motifs is 1. The van der Waals surface area contributed by atoms with Crippen molar-refractivity contribution in [2.75, 3.05) is 26.7 Å². The van der Waals surface area contributed by atoms with Gasteiger partial charge in [0.1, 0.15) is 0 Å². The van der Waals surface area contributed by atoms with Crippen LogP contribution in [-0.2, 0) is 17.6 Å². The summed E-state index contributed by atoms with van der Waals surface area (Å²) < 4.78 is 0. The summed E-state index contributed by atoms with van der Waals surface area (Å²) >= 11 is 0. The van der Waals surface area contributed by atoms with Crippen LogP contribution in [0.1, 0.15) is 60.0 Å². The number of carbonyl (C=O) groups is 2. The number of amides is 1. The first kappa shape index (κ1) is 18.1. The lowest BCUT2D eigenvalue weighted by Gasteiger charge is -2.32. The van der Waals surface area contributed by atoms with E-state index in [1.807, 2.05) is 24.1 Å². The Morgan fingerprint density at radius 2 is 1.88 bits per heavy atom. The molecular weight excluding hydrogens is 312 g/mol. The number of hydrogen-bond donors (Lipinski definition) is 1. The molecule has 0 bridgehead atoms. The normalized spacial score (nSPS) is 17.6. The molecule has 1 heterocycles. The minimum atomic E-state index is 0.104. The van der Waals surface area contributed by atoms with Crippen molar-refractivity contribution in [2.24, 2.45) is 5.92 Å². The van der Waals surface area contributed by atoms with Crippen molar-refractivity contribution in [2.45, 2.75) is 51.4 Å². The van der Waals surface area contributed by atoms with E-state index < -0.39 is 0 Å². The third-order valence-corrected chi connectivity index (χ3v) is 5.76. The summed E-state index contributed by atoms with van der Waals surface area (Å²) in [4.78, 5) is 26.8. The number of hydrogen-bond acceptors (Lipinski definition) is 3. The average Bonchev–Trinajstić information content (AvgIpc) is 3.12. The van der Waals surface area contributed by atoms with E-state index in [2.05, 4.69) is 11.4 Å². The Bertz CT molecular complexity index is 618. The number of carbonyl (C=O) groups excluding carboxylic acids is 2. The highest BCUT2D eigenvalue weighted by Gasteiger charge is 2.23. The van der Waals surface area contributed by atoms with E-state index in [1.54, 1.807) is 0 Å². The van der Waals surface area contributed by atoms with Crippen LogP contribution in [0.15, 0.2) is 18.2 Å². The molecule has 2 aliphatic rings. The van der Waals surface area contributed by atoms with Crippen LogP contribution in [0, 0.1) is 5.92 Å². The predicted octanol–water partition coefficient (Wildman–Crippen LogP) is 2.99. The van der Waals surface area contributed by atoms with Crippen molar-refractivity contribution < 1.29 is 9.59 Å². The highest BCUT2D eigenvalue weighted by Crippen LogP contribution is 2.24. The van der Waals surface area contributed by atoms with Crippen LogP contribution < -0.4 is 5.32 Å². The fraction of sp³-hybridized carbons (Fsp3) is 0.619. The summed E-state index contributed by atoms with van der Waals surface area (Å²) in [6, 6.07) is 6.07. The topological polar surface area (TPSA) is 49.4 Å². The predicted molar refractivity (Wildman–Crippen MR) is 99.9 cm³/mol. The van der Waals surface area contributed by atoms with Gasteiger partial charge in [0.05, 0.1) is 0 Å². The number of nitrogens with one attached hydrogen (secondary N) is 1. The van der Waals surface area contributed by atoms with Crippen LogP contribution in [0.4, 0.5) is 0 Å². The SMILES string of the molecule is CNCCC1CCN(C(=O)CCC(=O)c2ccc3c(c2)CCC3)CC1. The van der Waals surface area contributed by atoms with Crippen molar-refractivity contribution in [1.29, 1.82) is 0 Å². The summed E-state index contributed by atoms with van der Waals surface area (Å²) in [5, 5.41) is 3.19. The van der Waals surface area contributed by atoms with Gasteiger partial charge in [0.15, 0.2) is 5.78 Å². The molecule has 1 aromatic rings. The maximum absolute atomic E-state index is 12.4. The van der Waals surface area contributed by atoms with Crippen LogP contribution in [-0.4, -0.2) is 43.3 Å². The van der Waals surface area contributed by atoms with E-state index in [9.17, 15) is 9.59 Å². The van der Waals surface area contributed by atoms with Crippen molar-refractivity contribution in [3.8, 4) is 0 Å². The van der Waals surface area contributed by atoms with Gasteiger partial charge < -0.3 is 10.2 Å². The van der Waals surface area contributed by atoms with Crippen molar-refractivity contribution in [1.82, 2.24) is 10.2 Å². The highest BCUT2D eigenvalue weighted by atomic mass is 16.2. The van der Waals surface area contributed by atoms with E-state index in [0.717, 1.165) is 56.8 Å². The summed E-state index contributed by atoms with van der Waals surface area (Å²) in [5.41, 5.74) is 3.48. The van der Waals surface area contributed by atoms with E-state index in [-0.39, 0.29) is 11.7 Å². The van der Waals surface area contributed by atoms with Gasteiger partial charge in [0, 0.05) is 31.5 Å². The number of piperidine rings is 1. The lowest BCUT2D eigenvalue weighted by Crippen LogP contribution is -2.39. The number of benzene rings is 1. The maximum atomic E-state index is 12.4. The fourth-order valence-electron chi connectivity index (χ4n) is 4.09. The number of ketones is 1. The zero-order valence-corrected chi connectivity index (χ0v) is 15.4. The Kier molecular flexibility index (Phi) is 6.24. The van der Waals surface area contributed by atoms with Gasteiger partial charge in [-0.25, -0.2) is 0 Å². The first-order valence-corrected chi connectivity index (χ1v) is 9.74. The molecule has 136 valence electrons. The monoisotopic (exact) mass is 342 g/mol. The summed E-state index contributed by atoms with van der Waals surface area (Å²) in [6.45, 7) is 2.74. The molecule has 1 fully saturated rings. The molecular formula is C21H30N2O2. The van der Waals surface area contributed by atoms with Gasteiger partial charge in [-0.1, -0.05) is 12.1 Å². The lowest BCUT2D eigenvalue weighted by molar-refractivity contribution is -0.132. The molecule has 1 aliphatic heterocycles. The molecule has 4 nitrogen and oxygen atoms in total. The molecule has 4 heteroatoms. The zero-order chi connectivity index (χ0) is 17.6. The Morgan fingerprint density at radius 1 is 1.12 bits per heavy atom. The molecule has 25 heavy (non-hydrogen) atoms. The third-order valence-electron chi connectivity index (χ3n) is 5.76. The van der Waals surface area contributed by atoms with Gasteiger partial charge in [0.25, 0.3) is 0 Å². The molecule has 1 amide bonds. The summed E-state index contributed by atoms with van der Waals surface area (Å²) in [5.74, 6) is 0.970. The minimum absolute atomic E-state index is 0.104. The standard InChI is InChI=1S/C21H30N2O2/c1-22-12-9-16-10-13-23(14-11-16)21(25)8-7-20(24)19-6-5-17-3-2-4-18(17)15-19/h5-6,15-16,22H,2-4,7-14H2,1H3. The molecule has 0 aromatic heterocycles. The second kappa shape index (κ2) is 8.61. The largest absolute Gasteiger partial charge is 0.343 e. The second-order valence-corrected chi connectivity index (χ2v) is 7.48. The summed E-state index contributed by atoms with van der Waals surface area (Å²) in [6.07, 6.45) is 7.45. The lowest BCUT2D eigenvalue weighted by atomic mass is 9.93. The smallest absolute Gasteiger partial charge is 0.223 e. The first-order chi connectivity index (χ1) is 12.2. The minimum Gasteiger partial charge on any atom is -0.343 e. The molecule has 0 atom stereocenters. The van der Waals surface area contributed by atoms with Crippen molar-refractivity contribution >= 4 is 11.7 Å². The molecule has 0 radical (unpaired) electrons. The van der Waals surface area contributed by atoms with Crippen LogP contribution in [0.25, 0.3) is 0 Å². The van der Waals surface area contributed by atoms with Crippen LogP contribution in [0.3, 0.4) is 0 Å². The van der Waals surface area contributed by atoms with Crippen LogP contribution in [0.2, 0.25) is 0 Å². The van der Waals surface area contributed by atoms with E-state index >= 15 is 0 Å². The molecule has 0 unspecified atom stereocenters. The van der Waals surface area contributed by atoms with Crippen molar-refractivity contribution in [3.05, 3.63) is 34.9 Å². The average molecular weight is 342 g/mol. The van der Waals surface area contributed by atoms with E-state index in [1.165, 1.54) is 24.0 Å². The molecule has 3 rings (SSSR count). The quantitative estimate of drug-likeness (QED) is 0.775. The van der Waals surface area contributed by atoms with Gasteiger partial charge in [-0.05, 0) is 75.2 Å². The second-order valence-electron chi connectivity index (χ2n) is 7.48. The zero-order valence-electron chi connectivity index (χ0n) is 15.4. The van der Waals surface area contributed by atoms with Gasteiger partial charge in [-0.15, -0.1) is 0 Å². The maximum Gasteiger partial charge on any atom is 0.223 e. The Labute approximate surface area is 151 Å². The van der Waals surface area contributed by atoms with E-state index in [0.29, 0.717) is 12.8 Å². The molecule has 0 spiro atoms. The Hall–Kier alpha value is -1.68. The van der Waals surface area contributed by atoms with Crippen LogP contribution >= 0.6 is 0 Å². The van der Waals surface area contributed by atoms with Gasteiger partial charge >= 0.3 is 0 Å². The number of aryl methyl sites for hydroxylation is 2. The van der Waals surface area contributed by atoms with Gasteiger partial charge in [-0.3, -0.25) is 9.59 Å². The number of rotatable bonds is 7. The highest BCUT2D eigenvalue weighted by molar-refractivity contribution is 5.98. The van der Waals surface area contributed by atoms with Crippen LogP contribution in [0.5, 0.6) is 0 Å². The summed E-state index contributed by atoms with van der Waals surface area (Å²) in [7, 11) is 1.98. The number of nitrogens with zero attached hydrogens (tertiary/aromatic N) is 1. The Balaban J connectivity index is 1.44. The molecule has 1 saturated heterocycles. The Morgan fingerprint density at radius 3 is 2.64 bits per heavy atom. The van der Waals surface area contributed by atoms with E-state index in [4.69, 9.17) is 0 Å². The molecule has 1 N–H and O–H groups in total. The number of Topliss-reactive ketones (excluding diaryl/α,β-unsaturated/α-hetero) is 1. The number of likely N-dealkylation sites (tertiary alicyclic amines) is 1. The third kappa shape index (κ3) is 4.69. The van der Waals surface area contributed by atoms with Gasteiger partial charge in [-0.2, -0.15) is 0 Å². The molecule has 1 aliphatic carbocycles. The first-order valence-electron chi connectivity index (χ1n) is 9.74.